The number of carbonyl (C=O) groups is 1. The number of carbonyl (C=O) groups excluding carboxylic acids is 1. The number of pyridine rings is 1. The number of aromatic amines is 1. The Morgan fingerprint density at radius 1 is 1.25 bits per heavy atom. The van der Waals surface area contributed by atoms with Crippen molar-refractivity contribution in [2.45, 2.75) is 31.6 Å². The Morgan fingerprint density at radius 3 is 2.67 bits per heavy atom. The van der Waals surface area contributed by atoms with Crippen molar-refractivity contribution in [3.05, 3.63) is 69.1 Å². The van der Waals surface area contributed by atoms with E-state index in [1.165, 1.54) is 43.5 Å². The Balaban J connectivity index is 1.75. The zero-order valence-corrected chi connectivity index (χ0v) is 14.2. The molecule has 24 heavy (non-hydrogen) atoms. The SMILES string of the molecule is O=C(NCC(c1ccccc1)C1CCCC1)c1cc(Cl)c[nH]c1=O. The van der Waals surface area contributed by atoms with Crippen LogP contribution < -0.4 is 10.9 Å². The highest BCUT2D eigenvalue weighted by Gasteiger charge is 2.27. The van der Waals surface area contributed by atoms with Crippen molar-refractivity contribution < 1.29 is 4.79 Å². The van der Waals surface area contributed by atoms with Crippen molar-refractivity contribution in [1.29, 1.82) is 0 Å². The molecule has 0 aliphatic heterocycles. The van der Waals surface area contributed by atoms with Gasteiger partial charge >= 0.3 is 0 Å². The topological polar surface area (TPSA) is 62.0 Å². The van der Waals surface area contributed by atoms with Crippen LogP contribution in [0.2, 0.25) is 5.02 Å². The monoisotopic (exact) mass is 344 g/mol. The zero-order valence-electron chi connectivity index (χ0n) is 13.4. The number of rotatable bonds is 5. The zero-order chi connectivity index (χ0) is 16.9. The van der Waals surface area contributed by atoms with Crippen molar-refractivity contribution in [3.63, 3.8) is 0 Å². The van der Waals surface area contributed by atoms with Crippen LogP contribution >= 0.6 is 11.6 Å². The van der Waals surface area contributed by atoms with Gasteiger partial charge in [-0.1, -0.05) is 54.8 Å². The lowest BCUT2D eigenvalue weighted by Gasteiger charge is -2.24. The largest absolute Gasteiger partial charge is 0.351 e. The summed E-state index contributed by atoms with van der Waals surface area (Å²) in [6.07, 6.45) is 6.25. The van der Waals surface area contributed by atoms with Gasteiger partial charge in [-0.05, 0) is 30.4 Å². The van der Waals surface area contributed by atoms with E-state index in [4.69, 9.17) is 11.6 Å². The number of hydrogen-bond acceptors (Lipinski definition) is 2. The van der Waals surface area contributed by atoms with Gasteiger partial charge in [0.2, 0.25) is 0 Å². The quantitative estimate of drug-likeness (QED) is 0.868. The normalized spacial score (nSPS) is 16.0. The van der Waals surface area contributed by atoms with Gasteiger partial charge in [-0.2, -0.15) is 0 Å². The molecule has 1 heterocycles. The highest BCUT2D eigenvalue weighted by Crippen LogP contribution is 2.36. The summed E-state index contributed by atoms with van der Waals surface area (Å²) in [5, 5.41) is 3.27. The van der Waals surface area contributed by atoms with Crippen LogP contribution in [-0.2, 0) is 0 Å². The second-order valence-electron chi connectivity index (χ2n) is 6.33. The highest BCUT2D eigenvalue weighted by molar-refractivity contribution is 6.30. The molecule has 2 N–H and O–H groups in total. The van der Waals surface area contributed by atoms with Crippen molar-refractivity contribution in [2.24, 2.45) is 5.92 Å². The molecule has 2 aromatic rings. The number of benzene rings is 1. The molecule has 1 fully saturated rings. The van der Waals surface area contributed by atoms with E-state index >= 15 is 0 Å². The first-order valence-corrected chi connectivity index (χ1v) is 8.74. The minimum absolute atomic E-state index is 0.0562. The summed E-state index contributed by atoms with van der Waals surface area (Å²) >= 11 is 5.87. The van der Waals surface area contributed by atoms with E-state index in [-0.39, 0.29) is 17.4 Å². The van der Waals surface area contributed by atoms with Crippen LogP contribution in [0, 0.1) is 5.92 Å². The Morgan fingerprint density at radius 2 is 1.96 bits per heavy atom. The molecule has 1 aromatic heterocycles. The smallest absolute Gasteiger partial charge is 0.260 e. The summed E-state index contributed by atoms with van der Waals surface area (Å²) in [5.74, 6) is 0.471. The van der Waals surface area contributed by atoms with Crippen LogP contribution in [-0.4, -0.2) is 17.4 Å². The summed E-state index contributed by atoms with van der Waals surface area (Å²) in [5.41, 5.74) is 0.875. The molecular formula is C19H21ClN2O2. The Hall–Kier alpha value is -2.07. The van der Waals surface area contributed by atoms with Gasteiger partial charge in [-0.3, -0.25) is 9.59 Å². The van der Waals surface area contributed by atoms with E-state index in [9.17, 15) is 9.59 Å². The van der Waals surface area contributed by atoms with Gasteiger partial charge < -0.3 is 10.3 Å². The minimum atomic E-state index is -0.422. The number of H-pyrrole nitrogens is 1. The summed E-state index contributed by atoms with van der Waals surface area (Å²) in [6.45, 7) is 0.527. The van der Waals surface area contributed by atoms with Crippen LogP contribution in [0.15, 0.2) is 47.4 Å². The molecular weight excluding hydrogens is 324 g/mol. The van der Waals surface area contributed by atoms with Crippen LogP contribution in [0.1, 0.15) is 47.5 Å². The molecule has 0 radical (unpaired) electrons. The van der Waals surface area contributed by atoms with Crippen molar-refractivity contribution in [2.75, 3.05) is 6.54 Å². The molecule has 0 bridgehead atoms. The van der Waals surface area contributed by atoms with Crippen molar-refractivity contribution >= 4 is 17.5 Å². The highest BCUT2D eigenvalue weighted by atomic mass is 35.5. The second-order valence-corrected chi connectivity index (χ2v) is 6.77. The molecule has 1 saturated carbocycles. The van der Waals surface area contributed by atoms with Gasteiger partial charge in [-0.25, -0.2) is 0 Å². The van der Waals surface area contributed by atoms with E-state index in [1.54, 1.807) is 0 Å². The molecule has 0 saturated heterocycles. The van der Waals surface area contributed by atoms with Gasteiger partial charge in [0, 0.05) is 18.7 Å². The number of hydrogen-bond donors (Lipinski definition) is 2. The third-order valence-corrected chi connectivity index (χ3v) is 5.01. The average molecular weight is 345 g/mol. The summed E-state index contributed by atoms with van der Waals surface area (Å²) in [6, 6.07) is 11.7. The molecule has 1 amide bonds. The Kier molecular flexibility index (Phi) is 5.36. The predicted molar refractivity (Wildman–Crippen MR) is 95.5 cm³/mol. The van der Waals surface area contributed by atoms with E-state index in [1.807, 2.05) is 18.2 Å². The maximum atomic E-state index is 12.4. The predicted octanol–water partition coefficient (Wildman–Crippen LogP) is 3.73. The van der Waals surface area contributed by atoms with E-state index < -0.39 is 5.56 Å². The van der Waals surface area contributed by atoms with Crippen molar-refractivity contribution in [1.82, 2.24) is 10.3 Å². The number of amides is 1. The Labute approximate surface area is 146 Å². The molecule has 1 aliphatic carbocycles. The molecule has 1 atom stereocenters. The van der Waals surface area contributed by atoms with Crippen LogP contribution in [0.5, 0.6) is 0 Å². The van der Waals surface area contributed by atoms with E-state index in [0.29, 0.717) is 17.5 Å². The summed E-state index contributed by atoms with van der Waals surface area (Å²) < 4.78 is 0. The first-order chi connectivity index (χ1) is 11.6. The lowest BCUT2D eigenvalue weighted by Crippen LogP contribution is -2.34. The third kappa shape index (κ3) is 3.88. The molecule has 1 aliphatic rings. The molecule has 0 spiro atoms. The standard InChI is InChI=1S/C19H21ClN2O2/c20-15-10-16(18(23)21-11-15)19(24)22-12-17(14-8-4-5-9-14)13-6-2-1-3-7-13/h1-3,6-7,10-11,14,17H,4-5,8-9,12H2,(H,21,23)(H,22,24). The maximum absolute atomic E-state index is 12.4. The maximum Gasteiger partial charge on any atom is 0.260 e. The van der Waals surface area contributed by atoms with Crippen LogP contribution in [0.4, 0.5) is 0 Å². The fourth-order valence-electron chi connectivity index (χ4n) is 3.54. The molecule has 4 nitrogen and oxygen atoms in total. The lowest BCUT2D eigenvalue weighted by atomic mass is 9.85. The first-order valence-electron chi connectivity index (χ1n) is 8.36. The van der Waals surface area contributed by atoms with Gasteiger partial charge in [0.05, 0.1) is 5.02 Å². The van der Waals surface area contributed by atoms with Gasteiger partial charge in [0.1, 0.15) is 5.56 Å². The number of nitrogens with one attached hydrogen (secondary N) is 2. The fraction of sp³-hybridized carbons (Fsp3) is 0.368. The van der Waals surface area contributed by atoms with Gasteiger partial charge in [0.15, 0.2) is 0 Å². The van der Waals surface area contributed by atoms with Crippen LogP contribution in [0.25, 0.3) is 0 Å². The second kappa shape index (κ2) is 7.67. The third-order valence-electron chi connectivity index (χ3n) is 4.79. The van der Waals surface area contributed by atoms with Crippen LogP contribution in [0.3, 0.4) is 0 Å². The molecule has 5 heteroatoms. The Bertz CT molecular complexity index is 751. The molecule has 1 unspecified atom stereocenters. The summed E-state index contributed by atoms with van der Waals surface area (Å²) in [7, 11) is 0. The number of halogens is 1. The average Bonchev–Trinajstić information content (AvgIpc) is 3.12. The van der Waals surface area contributed by atoms with Gasteiger partial charge in [0.25, 0.3) is 11.5 Å². The number of aromatic nitrogens is 1. The molecule has 3 rings (SSSR count). The lowest BCUT2D eigenvalue weighted by molar-refractivity contribution is 0.0946. The fourth-order valence-corrected chi connectivity index (χ4v) is 3.70. The van der Waals surface area contributed by atoms with E-state index in [0.717, 1.165) is 0 Å². The first kappa shape index (κ1) is 16.8. The van der Waals surface area contributed by atoms with Gasteiger partial charge in [-0.15, -0.1) is 0 Å². The molecule has 1 aromatic carbocycles. The minimum Gasteiger partial charge on any atom is -0.351 e. The van der Waals surface area contributed by atoms with E-state index in [2.05, 4.69) is 22.4 Å². The summed E-state index contributed by atoms with van der Waals surface area (Å²) in [4.78, 5) is 26.7. The van der Waals surface area contributed by atoms with Crippen molar-refractivity contribution in [3.8, 4) is 0 Å². The molecule has 126 valence electrons.